The topological polar surface area (TPSA) is 87.5 Å². The van der Waals surface area contributed by atoms with Gasteiger partial charge in [0, 0.05) is 25.3 Å². The van der Waals surface area contributed by atoms with Crippen LogP contribution >= 0.6 is 0 Å². The third kappa shape index (κ3) is 4.73. The molecule has 1 amide bonds. The van der Waals surface area contributed by atoms with Crippen LogP contribution in [0.3, 0.4) is 0 Å². The Kier molecular flexibility index (Phi) is 5.84. The Balaban J connectivity index is 1.45. The summed E-state index contributed by atoms with van der Waals surface area (Å²) >= 11 is 0. The third-order valence-electron chi connectivity index (χ3n) is 5.57. The van der Waals surface area contributed by atoms with Crippen LogP contribution in [0.15, 0.2) is 60.7 Å². The highest BCUT2D eigenvalue weighted by Crippen LogP contribution is 2.27. The molecule has 0 bridgehead atoms. The summed E-state index contributed by atoms with van der Waals surface area (Å²) in [4.78, 5) is 25.9. The van der Waals surface area contributed by atoms with E-state index in [0.717, 1.165) is 16.8 Å². The van der Waals surface area contributed by atoms with E-state index in [-0.39, 0.29) is 17.4 Å². The first-order valence-corrected chi connectivity index (χ1v) is 10.7. The summed E-state index contributed by atoms with van der Waals surface area (Å²) in [6.07, 6.45) is 0. The number of amides is 1. The molecule has 1 aromatic heterocycles. The molecule has 1 aliphatic rings. The maximum Gasteiger partial charge on any atom is 0.309 e. The van der Waals surface area contributed by atoms with Gasteiger partial charge in [-0.25, -0.2) is 0 Å². The SMILES string of the molecule is CC(C)(C)n1nc(C(=O)Nc2ccc(CN3CC(C(=O)O)C3)cc2)cc1-c1ccccc1. The van der Waals surface area contributed by atoms with Gasteiger partial charge in [0.1, 0.15) is 0 Å². The Hall–Kier alpha value is -3.45. The zero-order valence-electron chi connectivity index (χ0n) is 18.6. The standard InChI is InChI=1S/C25H28N4O3/c1-25(2,3)29-22(18-7-5-4-6-8-18)13-21(27-29)23(30)26-20-11-9-17(10-12-20)14-28-15-19(16-28)24(31)32/h4-13,19H,14-16H2,1-3H3,(H,26,30)(H,31,32). The molecule has 0 atom stereocenters. The molecule has 1 fully saturated rings. The molecular weight excluding hydrogens is 404 g/mol. The average molecular weight is 433 g/mol. The molecule has 0 spiro atoms. The number of likely N-dealkylation sites (tertiary alicyclic amines) is 1. The van der Waals surface area contributed by atoms with Crippen molar-refractivity contribution < 1.29 is 14.7 Å². The molecule has 0 aliphatic carbocycles. The molecular formula is C25H28N4O3. The Morgan fingerprint density at radius 3 is 2.31 bits per heavy atom. The van der Waals surface area contributed by atoms with E-state index in [9.17, 15) is 9.59 Å². The Morgan fingerprint density at radius 1 is 1.06 bits per heavy atom. The van der Waals surface area contributed by atoms with E-state index >= 15 is 0 Å². The monoisotopic (exact) mass is 432 g/mol. The van der Waals surface area contributed by atoms with Crippen LogP contribution in [-0.4, -0.2) is 44.8 Å². The number of carboxylic acid groups (broad SMARTS) is 1. The second-order valence-electron chi connectivity index (χ2n) is 9.24. The number of hydrogen-bond donors (Lipinski definition) is 2. The molecule has 2 aromatic carbocycles. The number of aliphatic carboxylic acids is 1. The molecule has 2 N–H and O–H groups in total. The van der Waals surface area contributed by atoms with E-state index in [1.807, 2.05) is 65.3 Å². The van der Waals surface area contributed by atoms with Gasteiger partial charge in [-0.2, -0.15) is 5.10 Å². The number of carboxylic acids is 1. The first-order chi connectivity index (χ1) is 15.2. The number of nitrogens with zero attached hydrogens (tertiary/aromatic N) is 3. The number of hydrogen-bond acceptors (Lipinski definition) is 4. The van der Waals surface area contributed by atoms with Gasteiger partial charge in [-0.05, 0) is 50.1 Å². The molecule has 0 radical (unpaired) electrons. The summed E-state index contributed by atoms with van der Waals surface area (Å²) in [6.45, 7) is 8.04. The van der Waals surface area contributed by atoms with Gasteiger partial charge >= 0.3 is 5.97 Å². The lowest BCUT2D eigenvalue weighted by Crippen LogP contribution is -2.49. The number of rotatable bonds is 6. The van der Waals surface area contributed by atoms with Crippen LogP contribution in [0.2, 0.25) is 0 Å². The Morgan fingerprint density at radius 2 is 1.72 bits per heavy atom. The Bertz CT molecular complexity index is 1110. The second-order valence-corrected chi connectivity index (χ2v) is 9.24. The minimum Gasteiger partial charge on any atom is -0.481 e. The first kappa shape index (κ1) is 21.8. The summed E-state index contributed by atoms with van der Waals surface area (Å²) in [5, 5.41) is 16.5. The van der Waals surface area contributed by atoms with Crippen LogP contribution in [-0.2, 0) is 16.9 Å². The van der Waals surface area contributed by atoms with E-state index in [2.05, 4.69) is 36.1 Å². The van der Waals surface area contributed by atoms with Gasteiger partial charge in [0.15, 0.2) is 5.69 Å². The zero-order chi connectivity index (χ0) is 22.9. The summed E-state index contributed by atoms with van der Waals surface area (Å²) in [5.74, 6) is -1.25. The minimum atomic E-state index is -0.733. The van der Waals surface area contributed by atoms with Crippen molar-refractivity contribution in [2.24, 2.45) is 5.92 Å². The quantitative estimate of drug-likeness (QED) is 0.613. The number of anilines is 1. The smallest absolute Gasteiger partial charge is 0.309 e. The van der Waals surface area contributed by atoms with E-state index in [4.69, 9.17) is 5.11 Å². The van der Waals surface area contributed by atoms with Crippen LogP contribution < -0.4 is 5.32 Å². The van der Waals surface area contributed by atoms with E-state index in [1.165, 1.54) is 0 Å². The van der Waals surface area contributed by atoms with Gasteiger partial charge in [0.05, 0.1) is 17.2 Å². The van der Waals surface area contributed by atoms with E-state index < -0.39 is 5.97 Å². The van der Waals surface area contributed by atoms with E-state index in [0.29, 0.717) is 31.0 Å². The molecule has 7 heteroatoms. The fourth-order valence-electron chi connectivity index (χ4n) is 3.82. The molecule has 4 rings (SSSR count). The van der Waals surface area contributed by atoms with Crippen LogP contribution in [0.4, 0.5) is 5.69 Å². The lowest BCUT2D eigenvalue weighted by atomic mass is 9.99. The highest BCUT2D eigenvalue weighted by molar-refractivity contribution is 6.03. The van der Waals surface area contributed by atoms with Gasteiger partial charge in [-0.15, -0.1) is 0 Å². The van der Waals surface area contributed by atoms with Crippen LogP contribution in [0.1, 0.15) is 36.8 Å². The van der Waals surface area contributed by atoms with Crippen molar-refractivity contribution in [3.05, 3.63) is 71.9 Å². The maximum atomic E-state index is 12.9. The van der Waals surface area contributed by atoms with Crippen molar-refractivity contribution in [2.45, 2.75) is 32.9 Å². The number of nitrogens with one attached hydrogen (secondary N) is 1. The molecule has 0 saturated carbocycles. The molecule has 166 valence electrons. The fourth-order valence-corrected chi connectivity index (χ4v) is 3.82. The highest BCUT2D eigenvalue weighted by Gasteiger charge is 2.32. The summed E-state index contributed by atoms with van der Waals surface area (Å²) < 4.78 is 1.89. The Labute approximate surface area is 187 Å². The van der Waals surface area contributed by atoms with Gasteiger partial charge in [0.2, 0.25) is 0 Å². The van der Waals surface area contributed by atoms with Crippen LogP contribution in [0, 0.1) is 5.92 Å². The van der Waals surface area contributed by atoms with Crippen molar-refractivity contribution in [3.63, 3.8) is 0 Å². The van der Waals surface area contributed by atoms with Crippen molar-refractivity contribution >= 4 is 17.6 Å². The maximum absolute atomic E-state index is 12.9. The largest absolute Gasteiger partial charge is 0.481 e. The number of carbonyl (C=O) groups excluding carboxylic acids is 1. The highest BCUT2D eigenvalue weighted by atomic mass is 16.4. The summed E-state index contributed by atoms with van der Waals surface area (Å²) in [7, 11) is 0. The van der Waals surface area contributed by atoms with Gasteiger partial charge in [-0.3, -0.25) is 19.2 Å². The first-order valence-electron chi connectivity index (χ1n) is 10.7. The van der Waals surface area contributed by atoms with Gasteiger partial charge in [0.25, 0.3) is 5.91 Å². The minimum absolute atomic E-state index is 0.259. The zero-order valence-corrected chi connectivity index (χ0v) is 18.6. The fraction of sp³-hybridized carbons (Fsp3) is 0.320. The summed E-state index contributed by atoms with van der Waals surface area (Å²) in [6, 6.07) is 19.4. The van der Waals surface area contributed by atoms with E-state index in [1.54, 1.807) is 0 Å². The molecule has 1 aliphatic heterocycles. The number of benzene rings is 2. The van der Waals surface area contributed by atoms with Crippen molar-refractivity contribution in [1.82, 2.24) is 14.7 Å². The van der Waals surface area contributed by atoms with Gasteiger partial charge in [-0.1, -0.05) is 42.5 Å². The van der Waals surface area contributed by atoms with Crippen LogP contribution in [0.25, 0.3) is 11.3 Å². The van der Waals surface area contributed by atoms with Crippen molar-refractivity contribution in [1.29, 1.82) is 0 Å². The lowest BCUT2D eigenvalue weighted by Gasteiger charge is -2.36. The predicted molar refractivity (Wildman–Crippen MR) is 123 cm³/mol. The molecule has 2 heterocycles. The van der Waals surface area contributed by atoms with Gasteiger partial charge < -0.3 is 10.4 Å². The molecule has 1 saturated heterocycles. The number of aromatic nitrogens is 2. The average Bonchev–Trinajstić information content (AvgIpc) is 3.18. The number of carbonyl (C=O) groups is 2. The van der Waals surface area contributed by atoms with Crippen LogP contribution in [0.5, 0.6) is 0 Å². The molecule has 7 nitrogen and oxygen atoms in total. The van der Waals surface area contributed by atoms with Crippen molar-refractivity contribution in [3.8, 4) is 11.3 Å². The van der Waals surface area contributed by atoms with Crippen molar-refractivity contribution in [2.75, 3.05) is 18.4 Å². The third-order valence-corrected chi connectivity index (χ3v) is 5.57. The second kappa shape index (κ2) is 8.59. The molecule has 32 heavy (non-hydrogen) atoms. The molecule has 3 aromatic rings. The lowest BCUT2D eigenvalue weighted by molar-refractivity contribution is -0.147. The predicted octanol–water partition coefficient (Wildman–Crippen LogP) is 4.07. The normalized spacial score (nSPS) is 14.7. The molecule has 0 unspecified atom stereocenters. The summed E-state index contributed by atoms with van der Waals surface area (Å²) in [5.41, 5.74) is 3.76.